The van der Waals surface area contributed by atoms with Crippen molar-refractivity contribution in [2.75, 3.05) is 13.1 Å². The van der Waals surface area contributed by atoms with Crippen molar-refractivity contribution in [2.45, 2.75) is 45.4 Å². The molecule has 2 aromatic rings. The first kappa shape index (κ1) is 15.3. The molecule has 1 saturated heterocycles. The standard InChI is InChI=1S/C17H22ClN3O/c1-2-7-14-16(17(22)20-10-5-3-4-6-11-20)21-12-13(18)8-9-15(21)19-14/h8-9,12H,2-7,10-11H2,1H3. The fourth-order valence-electron chi connectivity index (χ4n) is 3.13. The van der Waals surface area contributed by atoms with Crippen molar-refractivity contribution in [3.63, 3.8) is 0 Å². The molecule has 1 aliphatic heterocycles. The fourth-order valence-corrected chi connectivity index (χ4v) is 3.29. The molecule has 5 heteroatoms. The lowest BCUT2D eigenvalue weighted by atomic mass is 10.2. The van der Waals surface area contributed by atoms with Crippen LogP contribution in [0, 0.1) is 0 Å². The summed E-state index contributed by atoms with van der Waals surface area (Å²) in [7, 11) is 0. The van der Waals surface area contributed by atoms with Crippen LogP contribution in [-0.4, -0.2) is 33.3 Å². The molecule has 0 spiro atoms. The molecule has 0 bridgehead atoms. The Morgan fingerprint density at radius 2 is 1.95 bits per heavy atom. The molecule has 0 unspecified atom stereocenters. The first-order valence-corrected chi connectivity index (χ1v) is 8.54. The molecular weight excluding hydrogens is 298 g/mol. The minimum atomic E-state index is 0.0973. The molecule has 22 heavy (non-hydrogen) atoms. The number of nitrogens with zero attached hydrogens (tertiary/aromatic N) is 3. The Balaban J connectivity index is 2.04. The Labute approximate surface area is 136 Å². The summed E-state index contributed by atoms with van der Waals surface area (Å²) in [5.41, 5.74) is 2.38. The van der Waals surface area contributed by atoms with Crippen LogP contribution in [0.5, 0.6) is 0 Å². The third-order valence-electron chi connectivity index (χ3n) is 4.24. The van der Waals surface area contributed by atoms with Gasteiger partial charge in [-0.2, -0.15) is 0 Å². The zero-order valence-corrected chi connectivity index (χ0v) is 13.8. The first-order chi connectivity index (χ1) is 10.7. The van der Waals surface area contributed by atoms with Gasteiger partial charge in [-0.1, -0.05) is 37.8 Å². The molecule has 0 saturated carbocycles. The number of halogens is 1. The van der Waals surface area contributed by atoms with Crippen LogP contribution in [0.2, 0.25) is 5.02 Å². The number of aromatic nitrogens is 2. The maximum Gasteiger partial charge on any atom is 0.272 e. The van der Waals surface area contributed by atoms with Gasteiger partial charge >= 0.3 is 0 Å². The lowest BCUT2D eigenvalue weighted by Gasteiger charge is -2.20. The number of hydrogen-bond acceptors (Lipinski definition) is 2. The summed E-state index contributed by atoms with van der Waals surface area (Å²) in [6.07, 6.45) is 8.19. The van der Waals surface area contributed by atoms with E-state index >= 15 is 0 Å². The minimum absolute atomic E-state index is 0.0973. The zero-order valence-electron chi connectivity index (χ0n) is 13.0. The van der Waals surface area contributed by atoms with Crippen LogP contribution in [-0.2, 0) is 6.42 Å². The quantitative estimate of drug-likeness (QED) is 0.859. The predicted octanol–water partition coefficient (Wildman–Crippen LogP) is 3.96. The summed E-state index contributed by atoms with van der Waals surface area (Å²) in [4.78, 5) is 19.7. The van der Waals surface area contributed by atoms with E-state index < -0.39 is 0 Å². The number of fused-ring (bicyclic) bond motifs is 1. The Kier molecular flexibility index (Phi) is 4.67. The number of carbonyl (C=O) groups excluding carboxylic acids is 1. The number of hydrogen-bond donors (Lipinski definition) is 0. The Hall–Kier alpha value is -1.55. The maximum absolute atomic E-state index is 13.1. The molecular formula is C17H22ClN3O. The van der Waals surface area contributed by atoms with Gasteiger partial charge in [0.1, 0.15) is 11.3 Å². The molecule has 1 aliphatic rings. The number of carbonyl (C=O) groups is 1. The molecule has 0 aromatic carbocycles. The highest BCUT2D eigenvalue weighted by molar-refractivity contribution is 6.30. The van der Waals surface area contributed by atoms with Gasteiger partial charge in [-0.05, 0) is 31.4 Å². The van der Waals surface area contributed by atoms with Crippen molar-refractivity contribution in [3.05, 3.63) is 34.7 Å². The molecule has 1 amide bonds. The van der Waals surface area contributed by atoms with E-state index in [-0.39, 0.29) is 5.91 Å². The number of rotatable bonds is 3. The van der Waals surface area contributed by atoms with Crippen molar-refractivity contribution >= 4 is 23.2 Å². The lowest BCUT2D eigenvalue weighted by molar-refractivity contribution is 0.0753. The number of amides is 1. The van der Waals surface area contributed by atoms with Gasteiger partial charge in [-0.15, -0.1) is 0 Å². The van der Waals surface area contributed by atoms with Crippen molar-refractivity contribution in [1.82, 2.24) is 14.3 Å². The zero-order chi connectivity index (χ0) is 15.5. The predicted molar refractivity (Wildman–Crippen MR) is 88.6 cm³/mol. The summed E-state index contributed by atoms with van der Waals surface area (Å²) in [5.74, 6) is 0.0973. The monoisotopic (exact) mass is 319 g/mol. The Bertz CT molecular complexity index is 672. The van der Waals surface area contributed by atoms with Gasteiger partial charge in [-0.3, -0.25) is 9.20 Å². The van der Waals surface area contributed by atoms with E-state index in [9.17, 15) is 4.79 Å². The molecule has 118 valence electrons. The number of imidazole rings is 1. The van der Waals surface area contributed by atoms with Gasteiger partial charge in [0.25, 0.3) is 5.91 Å². The second kappa shape index (κ2) is 6.69. The molecule has 0 N–H and O–H groups in total. The number of likely N-dealkylation sites (tertiary alicyclic amines) is 1. The second-order valence-electron chi connectivity index (χ2n) is 5.94. The van der Waals surface area contributed by atoms with E-state index in [4.69, 9.17) is 11.6 Å². The largest absolute Gasteiger partial charge is 0.337 e. The average Bonchev–Trinajstić information content (AvgIpc) is 2.69. The summed E-state index contributed by atoms with van der Waals surface area (Å²) < 4.78 is 1.86. The van der Waals surface area contributed by atoms with Crippen LogP contribution >= 0.6 is 11.6 Å². The molecule has 3 rings (SSSR count). The Morgan fingerprint density at radius 3 is 2.64 bits per heavy atom. The van der Waals surface area contributed by atoms with E-state index in [2.05, 4.69) is 11.9 Å². The molecule has 4 nitrogen and oxygen atoms in total. The number of aryl methyl sites for hydroxylation is 1. The third-order valence-corrected chi connectivity index (χ3v) is 4.46. The Morgan fingerprint density at radius 1 is 1.23 bits per heavy atom. The van der Waals surface area contributed by atoms with Crippen molar-refractivity contribution in [3.8, 4) is 0 Å². The van der Waals surface area contributed by atoms with Crippen LogP contribution in [0.4, 0.5) is 0 Å². The summed E-state index contributed by atoms with van der Waals surface area (Å²) >= 11 is 6.12. The fraction of sp³-hybridized carbons (Fsp3) is 0.529. The van der Waals surface area contributed by atoms with E-state index in [1.807, 2.05) is 21.4 Å². The third kappa shape index (κ3) is 2.98. The van der Waals surface area contributed by atoms with Crippen LogP contribution in [0.25, 0.3) is 5.65 Å². The van der Waals surface area contributed by atoms with Crippen molar-refractivity contribution < 1.29 is 4.79 Å². The molecule has 0 aliphatic carbocycles. The summed E-state index contributed by atoms with van der Waals surface area (Å²) in [6.45, 7) is 3.80. The van der Waals surface area contributed by atoms with E-state index in [0.29, 0.717) is 10.7 Å². The van der Waals surface area contributed by atoms with Gasteiger partial charge in [0, 0.05) is 19.3 Å². The molecule has 2 aromatic heterocycles. The molecule has 1 fully saturated rings. The molecule has 0 atom stereocenters. The van der Waals surface area contributed by atoms with Gasteiger partial charge in [0.05, 0.1) is 10.7 Å². The van der Waals surface area contributed by atoms with Crippen LogP contribution < -0.4 is 0 Å². The average molecular weight is 320 g/mol. The maximum atomic E-state index is 13.1. The van der Waals surface area contributed by atoms with Crippen molar-refractivity contribution in [2.24, 2.45) is 0 Å². The highest BCUT2D eigenvalue weighted by atomic mass is 35.5. The summed E-state index contributed by atoms with van der Waals surface area (Å²) in [5, 5.41) is 0.623. The number of pyridine rings is 1. The van der Waals surface area contributed by atoms with Crippen LogP contribution in [0.1, 0.15) is 55.2 Å². The SMILES string of the molecule is CCCc1nc2ccc(Cl)cn2c1C(=O)N1CCCCCC1. The minimum Gasteiger partial charge on any atom is -0.337 e. The second-order valence-corrected chi connectivity index (χ2v) is 6.38. The van der Waals surface area contributed by atoms with E-state index in [1.165, 1.54) is 12.8 Å². The van der Waals surface area contributed by atoms with E-state index in [0.717, 1.165) is 50.1 Å². The van der Waals surface area contributed by atoms with Gasteiger partial charge in [0.2, 0.25) is 0 Å². The first-order valence-electron chi connectivity index (χ1n) is 8.16. The highest BCUT2D eigenvalue weighted by Gasteiger charge is 2.24. The molecule has 3 heterocycles. The van der Waals surface area contributed by atoms with Crippen LogP contribution in [0.15, 0.2) is 18.3 Å². The smallest absolute Gasteiger partial charge is 0.272 e. The van der Waals surface area contributed by atoms with Gasteiger partial charge in [-0.25, -0.2) is 4.98 Å². The van der Waals surface area contributed by atoms with Gasteiger partial charge in [0.15, 0.2) is 0 Å². The van der Waals surface area contributed by atoms with Crippen molar-refractivity contribution in [1.29, 1.82) is 0 Å². The van der Waals surface area contributed by atoms with Crippen LogP contribution in [0.3, 0.4) is 0 Å². The summed E-state index contributed by atoms with van der Waals surface area (Å²) in [6, 6.07) is 3.69. The normalized spacial score (nSPS) is 16.0. The lowest BCUT2D eigenvalue weighted by Crippen LogP contribution is -2.33. The molecule has 0 radical (unpaired) electrons. The van der Waals surface area contributed by atoms with Gasteiger partial charge < -0.3 is 4.90 Å². The highest BCUT2D eigenvalue weighted by Crippen LogP contribution is 2.21. The van der Waals surface area contributed by atoms with E-state index in [1.54, 1.807) is 6.20 Å². The topological polar surface area (TPSA) is 37.6 Å².